The molecule has 0 fully saturated rings. The number of nitrogens with zero attached hydrogens (tertiary/aromatic N) is 3. The van der Waals surface area contributed by atoms with Gasteiger partial charge in [-0.2, -0.15) is 5.10 Å². The van der Waals surface area contributed by atoms with Gasteiger partial charge in [0.15, 0.2) is 5.65 Å². The maximum absolute atomic E-state index is 13.4. The van der Waals surface area contributed by atoms with Crippen molar-refractivity contribution in [3.05, 3.63) is 60.0 Å². The number of ether oxygens (including phenoxy) is 1. The summed E-state index contributed by atoms with van der Waals surface area (Å²) < 4.78 is 18.6. The standard InChI is InChI=1S/C19H15FN4O/c1-11-9-13(20)5-8-15(11)17-18-19(24-23-17)21-10-16(22-18)12-3-6-14(25-2)7-4-12/h3-10H,1-2H3,(H,21,23,24). The van der Waals surface area contributed by atoms with E-state index in [1.165, 1.54) is 12.1 Å². The average Bonchev–Trinajstić information content (AvgIpc) is 3.05. The highest BCUT2D eigenvalue weighted by atomic mass is 19.1. The summed E-state index contributed by atoms with van der Waals surface area (Å²) in [4.78, 5) is 9.09. The molecule has 0 atom stereocenters. The van der Waals surface area contributed by atoms with Gasteiger partial charge in [-0.15, -0.1) is 0 Å². The number of hydrogen-bond donors (Lipinski definition) is 1. The van der Waals surface area contributed by atoms with Gasteiger partial charge in [0, 0.05) is 11.1 Å². The lowest BCUT2D eigenvalue weighted by Gasteiger charge is -2.05. The van der Waals surface area contributed by atoms with Crippen LogP contribution in [0.2, 0.25) is 0 Å². The first kappa shape index (κ1) is 15.3. The third-order valence-corrected chi connectivity index (χ3v) is 4.11. The molecule has 124 valence electrons. The molecule has 0 spiro atoms. The first-order chi connectivity index (χ1) is 12.2. The zero-order valence-electron chi connectivity index (χ0n) is 13.7. The molecule has 6 heteroatoms. The molecule has 0 aliphatic heterocycles. The Morgan fingerprint density at radius 1 is 1.08 bits per heavy atom. The van der Waals surface area contributed by atoms with E-state index >= 15 is 0 Å². The molecule has 2 aromatic carbocycles. The van der Waals surface area contributed by atoms with E-state index in [0.717, 1.165) is 33.8 Å². The highest BCUT2D eigenvalue weighted by Gasteiger charge is 2.14. The number of fused-ring (bicyclic) bond motifs is 1. The predicted molar refractivity (Wildman–Crippen MR) is 93.8 cm³/mol. The van der Waals surface area contributed by atoms with Crippen LogP contribution in [-0.4, -0.2) is 27.3 Å². The first-order valence-electron chi connectivity index (χ1n) is 7.78. The average molecular weight is 334 g/mol. The van der Waals surface area contributed by atoms with E-state index in [0.29, 0.717) is 11.2 Å². The zero-order valence-corrected chi connectivity index (χ0v) is 13.7. The van der Waals surface area contributed by atoms with Crippen molar-refractivity contribution in [2.24, 2.45) is 0 Å². The normalized spacial score (nSPS) is 11.0. The minimum absolute atomic E-state index is 0.268. The minimum Gasteiger partial charge on any atom is -0.497 e. The first-order valence-corrected chi connectivity index (χ1v) is 7.78. The second-order valence-electron chi connectivity index (χ2n) is 5.71. The maximum Gasteiger partial charge on any atom is 0.200 e. The van der Waals surface area contributed by atoms with Gasteiger partial charge in [-0.3, -0.25) is 5.10 Å². The van der Waals surface area contributed by atoms with E-state index < -0.39 is 0 Å². The van der Waals surface area contributed by atoms with E-state index in [1.807, 2.05) is 31.2 Å². The summed E-state index contributed by atoms with van der Waals surface area (Å²) in [6.07, 6.45) is 1.69. The van der Waals surface area contributed by atoms with E-state index in [4.69, 9.17) is 9.72 Å². The molecule has 0 aliphatic rings. The fourth-order valence-corrected chi connectivity index (χ4v) is 2.79. The number of H-pyrrole nitrogens is 1. The molecule has 0 saturated carbocycles. The molecule has 25 heavy (non-hydrogen) atoms. The van der Waals surface area contributed by atoms with Crippen molar-refractivity contribution >= 4 is 11.2 Å². The lowest BCUT2D eigenvalue weighted by Crippen LogP contribution is -1.90. The van der Waals surface area contributed by atoms with Crippen LogP contribution in [0.15, 0.2) is 48.7 Å². The van der Waals surface area contributed by atoms with Crippen LogP contribution < -0.4 is 4.74 Å². The monoisotopic (exact) mass is 334 g/mol. The molecule has 4 aromatic rings. The van der Waals surface area contributed by atoms with Crippen molar-refractivity contribution in [1.29, 1.82) is 0 Å². The fourth-order valence-electron chi connectivity index (χ4n) is 2.79. The quantitative estimate of drug-likeness (QED) is 0.611. The number of aryl methyl sites for hydroxylation is 1. The molecule has 0 aliphatic carbocycles. The van der Waals surface area contributed by atoms with Gasteiger partial charge in [-0.1, -0.05) is 0 Å². The smallest absolute Gasteiger partial charge is 0.200 e. The Labute approximate surface area is 143 Å². The predicted octanol–water partition coefficient (Wildman–Crippen LogP) is 4.14. The minimum atomic E-state index is -0.268. The van der Waals surface area contributed by atoms with Gasteiger partial charge in [-0.25, -0.2) is 14.4 Å². The molecule has 4 rings (SSSR count). The number of rotatable bonds is 3. The summed E-state index contributed by atoms with van der Waals surface area (Å²) in [6.45, 7) is 1.85. The number of aromatic amines is 1. The summed E-state index contributed by atoms with van der Waals surface area (Å²) in [7, 11) is 1.63. The SMILES string of the molecule is COc1ccc(-c2cnc3n[nH]c(-c4ccc(F)cc4C)c3n2)cc1. The molecule has 1 N–H and O–H groups in total. The summed E-state index contributed by atoms with van der Waals surface area (Å²) in [5.74, 6) is 0.513. The Morgan fingerprint density at radius 2 is 1.88 bits per heavy atom. The number of hydrogen-bond acceptors (Lipinski definition) is 4. The van der Waals surface area contributed by atoms with Gasteiger partial charge >= 0.3 is 0 Å². The number of benzene rings is 2. The van der Waals surface area contributed by atoms with Crippen molar-refractivity contribution in [2.45, 2.75) is 6.92 Å². The third-order valence-electron chi connectivity index (χ3n) is 4.11. The Balaban J connectivity index is 1.84. The van der Waals surface area contributed by atoms with E-state index in [-0.39, 0.29) is 5.82 Å². The summed E-state index contributed by atoms with van der Waals surface area (Å²) in [5.41, 5.74) is 5.23. The maximum atomic E-state index is 13.4. The van der Waals surface area contributed by atoms with Crippen molar-refractivity contribution in [1.82, 2.24) is 20.2 Å². The van der Waals surface area contributed by atoms with Crippen LogP contribution in [0.3, 0.4) is 0 Å². The molecule has 0 unspecified atom stereocenters. The molecule has 0 saturated heterocycles. The summed E-state index contributed by atoms with van der Waals surface area (Å²) in [6, 6.07) is 12.2. The second-order valence-corrected chi connectivity index (χ2v) is 5.71. The highest BCUT2D eigenvalue weighted by Crippen LogP contribution is 2.29. The van der Waals surface area contributed by atoms with Crippen LogP contribution in [0.4, 0.5) is 4.39 Å². The van der Waals surface area contributed by atoms with Crippen molar-refractivity contribution in [2.75, 3.05) is 7.11 Å². The van der Waals surface area contributed by atoms with E-state index in [9.17, 15) is 4.39 Å². The Kier molecular flexibility index (Phi) is 3.65. The van der Waals surface area contributed by atoms with Crippen molar-refractivity contribution in [3.63, 3.8) is 0 Å². The van der Waals surface area contributed by atoms with Gasteiger partial charge in [0.25, 0.3) is 0 Å². The molecule has 2 heterocycles. The molecular weight excluding hydrogens is 319 g/mol. The van der Waals surface area contributed by atoms with Crippen LogP contribution in [0, 0.1) is 12.7 Å². The van der Waals surface area contributed by atoms with Gasteiger partial charge < -0.3 is 4.74 Å². The molecular formula is C19H15FN4O. The van der Waals surface area contributed by atoms with Gasteiger partial charge in [0.2, 0.25) is 0 Å². The second kappa shape index (κ2) is 5.98. The van der Waals surface area contributed by atoms with Crippen LogP contribution in [0.25, 0.3) is 33.7 Å². The number of methoxy groups -OCH3 is 1. The van der Waals surface area contributed by atoms with Crippen molar-refractivity contribution in [3.8, 4) is 28.3 Å². The third kappa shape index (κ3) is 2.71. The topological polar surface area (TPSA) is 63.7 Å². The largest absolute Gasteiger partial charge is 0.497 e. The molecule has 5 nitrogen and oxygen atoms in total. The number of halogens is 1. The number of nitrogens with one attached hydrogen (secondary N) is 1. The van der Waals surface area contributed by atoms with E-state index in [1.54, 1.807) is 19.4 Å². The Morgan fingerprint density at radius 3 is 2.60 bits per heavy atom. The zero-order chi connectivity index (χ0) is 17.4. The molecule has 2 aromatic heterocycles. The van der Waals surface area contributed by atoms with Crippen molar-refractivity contribution < 1.29 is 9.13 Å². The summed E-state index contributed by atoms with van der Waals surface area (Å²) >= 11 is 0. The molecule has 0 bridgehead atoms. The lowest BCUT2D eigenvalue weighted by molar-refractivity contribution is 0.415. The van der Waals surface area contributed by atoms with Gasteiger partial charge in [-0.05, 0) is 55.0 Å². The van der Waals surface area contributed by atoms with E-state index in [2.05, 4.69) is 15.2 Å². The number of aromatic nitrogens is 4. The Bertz CT molecular complexity index is 1060. The van der Waals surface area contributed by atoms with Crippen LogP contribution in [0.5, 0.6) is 5.75 Å². The van der Waals surface area contributed by atoms with Crippen LogP contribution >= 0.6 is 0 Å². The van der Waals surface area contributed by atoms with Gasteiger partial charge in [0.1, 0.15) is 17.1 Å². The summed E-state index contributed by atoms with van der Waals surface area (Å²) in [5, 5.41) is 7.18. The Hall–Kier alpha value is -3.28. The van der Waals surface area contributed by atoms with Gasteiger partial charge in [0.05, 0.1) is 24.7 Å². The molecule has 0 amide bonds. The highest BCUT2D eigenvalue weighted by molar-refractivity contribution is 5.89. The lowest BCUT2D eigenvalue weighted by atomic mass is 10.0. The molecule has 0 radical (unpaired) electrons. The van der Waals surface area contributed by atoms with Crippen LogP contribution in [0.1, 0.15) is 5.56 Å². The fraction of sp³-hybridized carbons (Fsp3) is 0.105. The van der Waals surface area contributed by atoms with Crippen LogP contribution in [-0.2, 0) is 0 Å².